The van der Waals surface area contributed by atoms with E-state index in [1.54, 1.807) is 4.90 Å². The van der Waals surface area contributed by atoms with Gasteiger partial charge in [-0.05, 0) is 60.4 Å². The van der Waals surface area contributed by atoms with E-state index in [0.29, 0.717) is 6.54 Å². The molecule has 0 radical (unpaired) electrons. The van der Waals surface area contributed by atoms with Crippen LogP contribution in [0.15, 0.2) is 42.5 Å². The summed E-state index contributed by atoms with van der Waals surface area (Å²) in [6, 6.07) is 14.8. The standard InChI is InChI=1S/C21H25N3O/c22-21(25)24-12-2-5-18-10-11-19(13-20(18)24)23-14-15-6-8-17(9-7-15)16-3-1-4-16/h6-11,13,16,23H,1-5,12,14H2,(H2,22,25). The van der Waals surface area contributed by atoms with Gasteiger partial charge in [-0.2, -0.15) is 0 Å². The zero-order chi connectivity index (χ0) is 17.2. The molecule has 4 nitrogen and oxygen atoms in total. The Morgan fingerprint density at radius 1 is 1.12 bits per heavy atom. The summed E-state index contributed by atoms with van der Waals surface area (Å²) in [6.07, 6.45) is 6.01. The first-order valence-corrected chi connectivity index (χ1v) is 9.23. The van der Waals surface area contributed by atoms with E-state index >= 15 is 0 Å². The molecule has 1 aliphatic heterocycles. The van der Waals surface area contributed by atoms with Gasteiger partial charge in [-0.1, -0.05) is 36.8 Å². The molecule has 0 unspecified atom stereocenters. The van der Waals surface area contributed by atoms with Gasteiger partial charge in [-0.3, -0.25) is 4.90 Å². The molecule has 1 heterocycles. The van der Waals surface area contributed by atoms with Gasteiger partial charge in [0.1, 0.15) is 0 Å². The van der Waals surface area contributed by atoms with Crippen molar-refractivity contribution in [3.63, 3.8) is 0 Å². The Bertz CT molecular complexity index is 765. The lowest BCUT2D eigenvalue weighted by molar-refractivity contribution is 0.253. The number of hydrogen-bond acceptors (Lipinski definition) is 2. The Hall–Kier alpha value is -2.49. The highest BCUT2D eigenvalue weighted by Crippen LogP contribution is 2.36. The van der Waals surface area contributed by atoms with Gasteiger partial charge in [0.05, 0.1) is 5.69 Å². The van der Waals surface area contributed by atoms with E-state index in [4.69, 9.17) is 5.73 Å². The number of urea groups is 1. The Labute approximate surface area is 149 Å². The number of hydrogen-bond donors (Lipinski definition) is 2. The van der Waals surface area contributed by atoms with Crippen LogP contribution in [0.3, 0.4) is 0 Å². The van der Waals surface area contributed by atoms with Crippen LogP contribution in [0.2, 0.25) is 0 Å². The molecular weight excluding hydrogens is 310 g/mol. The first kappa shape index (κ1) is 16.0. The molecule has 0 bridgehead atoms. The predicted molar refractivity (Wildman–Crippen MR) is 102 cm³/mol. The molecule has 1 fully saturated rings. The van der Waals surface area contributed by atoms with E-state index < -0.39 is 0 Å². The van der Waals surface area contributed by atoms with E-state index in [2.05, 4.69) is 41.7 Å². The lowest BCUT2D eigenvalue weighted by atomic mass is 9.80. The topological polar surface area (TPSA) is 58.4 Å². The van der Waals surface area contributed by atoms with Crippen LogP contribution < -0.4 is 16.0 Å². The average Bonchev–Trinajstić information content (AvgIpc) is 2.59. The largest absolute Gasteiger partial charge is 0.381 e. The van der Waals surface area contributed by atoms with Crippen molar-refractivity contribution in [1.82, 2.24) is 0 Å². The Morgan fingerprint density at radius 3 is 2.60 bits per heavy atom. The number of anilines is 2. The number of fused-ring (bicyclic) bond motifs is 1. The Morgan fingerprint density at radius 2 is 1.92 bits per heavy atom. The third-order valence-corrected chi connectivity index (χ3v) is 5.52. The summed E-state index contributed by atoms with van der Waals surface area (Å²) in [7, 11) is 0. The number of nitrogens with zero attached hydrogens (tertiary/aromatic N) is 1. The molecule has 0 spiro atoms. The fraction of sp³-hybridized carbons (Fsp3) is 0.381. The molecule has 2 aromatic rings. The van der Waals surface area contributed by atoms with E-state index in [9.17, 15) is 4.79 Å². The summed E-state index contributed by atoms with van der Waals surface area (Å²) in [5, 5.41) is 3.47. The smallest absolute Gasteiger partial charge is 0.319 e. The minimum absolute atomic E-state index is 0.371. The molecule has 4 heteroatoms. The van der Waals surface area contributed by atoms with Crippen molar-refractivity contribution in [2.75, 3.05) is 16.8 Å². The Balaban J connectivity index is 1.44. The fourth-order valence-corrected chi connectivity index (χ4v) is 3.77. The van der Waals surface area contributed by atoms with Crippen molar-refractivity contribution in [1.29, 1.82) is 0 Å². The number of benzene rings is 2. The normalized spacial score (nSPS) is 16.9. The quantitative estimate of drug-likeness (QED) is 0.870. The number of aryl methyl sites for hydroxylation is 1. The summed E-state index contributed by atoms with van der Waals surface area (Å²) >= 11 is 0. The molecule has 2 amide bonds. The number of nitrogens with one attached hydrogen (secondary N) is 1. The van der Waals surface area contributed by atoms with Gasteiger partial charge in [0.25, 0.3) is 0 Å². The van der Waals surface area contributed by atoms with E-state index in [-0.39, 0.29) is 6.03 Å². The van der Waals surface area contributed by atoms with Crippen molar-refractivity contribution < 1.29 is 4.79 Å². The third-order valence-electron chi connectivity index (χ3n) is 5.52. The van der Waals surface area contributed by atoms with Gasteiger partial charge in [0, 0.05) is 18.8 Å². The van der Waals surface area contributed by atoms with Crippen LogP contribution in [-0.2, 0) is 13.0 Å². The first-order chi connectivity index (χ1) is 12.2. The molecule has 1 saturated carbocycles. The summed E-state index contributed by atoms with van der Waals surface area (Å²) in [4.78, 5) is 13.3. The highest BCUT2D eigenvalue weighted by atomic mass is 16.2. The highest BCUT2D eigenvalue weighted by Gasteiger charge is 2.21. The lowest BCUT2D eigenvalue weighted by Crippen LogP contribution is -2.39. The lowest BCUT2D eigenvalue weighted by Gasteiger charge is -2.28. The summed E-state index contributed by atoms with van der Waals surface area (Å²) < 4.78 is 0. The Kier molecular flexibility index (Phi) is 4.35. The van der Waals surface area contributed by atoms with Crippen molar-refractivity contribution in [2.24, 2.45) is 5.73 Å². The number of carbonyl (C=O) groups is 1. The van der Waals surface area contributed by atoms with Crippen LogP contribution in [0.1, 0.15) is 48.3 Å². The van der Waals surface area contributed by atoms with Crippen molar-refractivity contribution >= 4 is 17.4 Å². The van der Waals surface area contributed by atoms with Gasteiger partial charge in [0.15, 0.2) is 0 Å². The molecule has 4 rings (SSSR count). The molecule has 130 valence electrons. The second-order valence-electron chi connectivity index (χ2n) is 7.16. The number of carbonyl (C=O) groups excluding carboxylic acids is 1. The second-order valence-corrected chi connectivity index (χ2v) is 7.16. The number of primary amides is 1. The van der Waals surface area contributed by atoms with Crippen LogP contribution in [0.25, 0.3) is 0 Å². The summed E-state index contributed by atoms with van der Waals surface area (Å²) in [6.45, 7) is 1.48. The molecule has 2 aliphatic rings. The minimum Gasteiger partial charge on any atom is -0.381 e. The van der Waals surface area contributed by atoms with E-state index in [1.807, 2.05) is 6.07 Å². The molecular formula is C21H25N3O. The van der Waals surface area contributed by atoms with Crippen molar-refractivity contribution in [2.45, 2.75) is 44.6 Å². The molecule has 0 aromatic heterocycles. The predicted octanol–water partition coefficient (Wildman–Crippen LogP) is 4.40. The van der Waals surface area contributed by atoms with Gasteiger partial charge >= 0.3 is 6.03 Å². The van der Waals surface area contributed by atoms with Gasteiger partial charge in [-0.15, -0.1) is 0 Å². The molecule has 0 atom stereocenters. The van der Waals surface area contributed by atoms with Gasteiger partial charge in [-0.25, -0.2) is 4.79 Å². The SMILES string of the molecule is NC(=O)N1CCCc2ccc(NCc3ccc(C4CCC4)cc3)cc21. The summed E-state index contributed by atoms with van der Waals surface area (Å²) in [5.74, 6) is 0.780. The molecule has 0 saturated heterocycles. The van der Waals surface area contributed by atoms with Crippen LogP contribution in [-0.4, -0.2) is 12.6 Å². The fourth-order valence-electron chi connectivity index (χ4n) is 3.77. The maximum atomic E-state index is 11.7. The van der Waals surface area contributed by atoms with Crippen LogP contribution in [0.4, 0.5) is 16.2 Å². The molecule has 1 aliphatic carbocycles. The van der Waals surface area contributed by atoms with Gasteiger partial charge < -0.3 is 11.1 Å². The molecule has 25 heavy (non-hydrogen) atoms. The van der Waals surface area contributed by atoms with Gasteiger partial charge in [0.2, 0.25) is 0 Å². The first-order valence-electron chi connectivity index (χ1n) is 9.23. The average molecular weight is 335 g/mol. The van der Waals surface area contributed by atoms with Crippen LogP contribution in [0.5, 0.6) is 0 Å². The van der Waals surface area contributed by atoms with E-state index in [1.165, 1.54) is 36.0 Å². The number of rotatable bonds is 4. The van der Waals surface area contributed by atoms with E-state index in [0.717, 1.165) is 36.7 Å². The maximum absolute atomic E-state index is 11.7. The van der Waals surface area contributed by atoms with Crippen LogP contribution in [0, 0.1) is 0 Å². The minimum atomic E-state index is -0.371. The molecule has 3 N–H and O–H groups in total. The monoisotopic (exact) mass is 335 g/mol. The van der Waals surface area contributed by atoms with Crippen LogP contribution >= 0.6 is 0 Å². The summed E-state index contributed by atoms with van der Waals surface area (Å²) in [5.41, 5.74) is 11.4. The van der Waals surface area contributed by atoms with Crippen molar-refractivity contribution in [3.05, 3.63) is 59.2 Å². The molecule has 2 aromatic carbocycles. The third kappa shape index (κ3) is 3.34. The maximum Gasteiger partial charge on any atom is 0.319 e. The second kappa shape index (κ2) is 6.79. The van der Waals surface area contributed by atoms with Crippen molar-refractivity contribution in [3.8, 4) is 0 Å². The zero-order valence-corrected chi connectivity index (χ0v) is 14.5. The number of amides is 2. The highest BCUT2D eigenvalue weighted by molar-refractivity contribution is 5.92. The zero-order valence-electron chi connectivity index (χ0n) is 14.5. The number of nitrogens with two attached hydrogens (primary N) is 1.